The zero-order chi connectivity index (χ0) is 21.9. The molecule has 30 heavy (non-hydrogen) atoms. The second-order valence-electron chi connectivity index (χ2n) is 7.45. The van der Waals surface area contributed by atoms with Gasteiger partial charge >= 0.3 is 0 Å². The van der Waals surface area contributed by atoms with Crippen molar-refractivity contribution in [2.24, 2.45) is 0 Å². The summed E-state index contributed by atoms with van der Waals surface area (Å²) in [5.41, 5.74) is 3.42. The van der Waals surface area contributed by atoms with E-state index in [1.165, 1.54) is 11.1 Å². The maximum absolute atomic E-state index is 13.1. The number of carbonyl (C=O) groups excluding carboxylic acids is 2. The third-order valence-electron chi connectivity index (χ3n) is 4.82. The fourth-order valence-corrected chi connectivity index (χ4v) is 4.40. The number of nitrogens with zero attached hydrogens (tertiary/aromatic N) is 1. The molecule has 162 valence electrons. The summed E-state index contributed by atoms with van der Waals surface area (Å²) in [6.07, 6.45) is 1.95. The summed E-state index contributed by atoms with van der Waals surface area (Å²) >= 11 is 5.07. The lowest BCUT2D eigenvalue weighted by Crippen LogP contribution is -2.48. The van der Waals surface area contributed by atoms with Gasteiger partial charge in [-0.05, 0) is 43.5 Å². The molecule has 0 saturated heterocycles. The molecule has 0 spiro atoms. The standard InChI is InChI=1S/C24H31BrN2O2S/c1-4-5-12-26-24(29)19(3)27(15-20-9-7-11-22(25)14-20)23(28)17-30-16-21-10-6-8-18(2)13-21/h6-11,13-14,19H,4-5,12,15-17H2,1-3H3,(H,26,29). The topological polar surface area (TPSA) is 49.4 Å². The number of unbranched alkanes of at least 4 members (excludes halogenated alkanes) is 1. The molecule has 1 N–H and O–H groups in total. The molecule has 0 aliphatic rings. The van der Waals surface area contributed by atoms with E-state index in [9.17, 15) is 9.59 Å². The van der Waals surface area contributed by atoms with Gasteiger partial charge in [-0.25, -0.2) is 0 Å². The number of rotatable bonds is 11. The Bertz CT molecular complexity index is 843. The average molecular weight is 491 g/mol. The van der Waals surface area contributed by atoms with Crippen LogP contribution in [0.1, 0.15) is 43.4 Å². The van der Waals surface area contributed by atoms with Gasteiger partial charge < -0.3 is 10.2 Å². The molecule has 2 aromatic rings. The summed E-state index contributed by atoms with van der Waals surface area (Å²) in [5.74, 6) is 0.991. The van der Waals surface area contributed by atoms with Crippen LogP contribution < -0.4 is 5.32 Å². The minimum Gasteiger partial charge on any atom is -0.354 e. The van der Waals surface area contributed by atoms with Crippen LogP contribution >= 0.6 is 27.7 Å². The van der Waals surface area contributed by atoms with Crippen molar-refractivity contribution >= 4 is 39.5 Å². The highest BCUT2D eigenvalue weighted by atomic mass is 79.9. The van der Waals surface area contributed by atoms with Crippen molar-refractivity contribution < 1.29 is 9.59 Å². The lowest BCUT2D eigenvalue weighted by molar-refractivity contribution is -0.138. The summed E-state index contributed by atoms with van der Waals surface area (Å²) in [5, 5.41) is 2.96. The van der Waals surface area contributed by atoms with Crippen molar-refractivity contribution in [2.45, 2.75) is 52.0 Å². The fourth-order valence-electron chi connectivity index (χ4n) is 3.09. The van der Waals surface area contributed by atoms with Crippen LogP contribution in [0.25, 0.3) is 0 Å². The second-order valence-corrected chi connectivity index (χ2v) is 9.36. The van der Waals surface area contributed by atoms with E-state index < -0.39 is 6.04 Å². The van der Waals surface area contributed by atoms with Crippen molar-refractivity contribution in [3.63, 3.8) is 0 Å². The van der Waals surface area contributed by atoms with Crippen LogP contribution in [0.15, 0.2) is 53.0 Å². The summed E-state index contributed by atoms with van der Waals surface area (Å²) in [6, 6.07) is 15.7. The van der Waals surface area contributed by atoms with Crippen LogP contribution in [0.4, 0.5) is 0 Å². The normalized spacial score (nSPS) is 11.7. The molecule has 0 aliphatic carbocycles. The third-order valence-corrected chi connectivity index (χ3v) is 6.30. The van der Waals surface area contributed by atoms with E-state index in [1.54, 1.807) is 16.7 Å². The molecule has 2 rings (SSSR count). The van der Waals surface area contributed by atoms with E-state index in [1.807, 2.05) is 37.3 Å². The molecule has 1 unspecified atom stereocenters. The Morgan fingerprint density at radius 3 is 2.57 bits per heavy atom. The minimum absolute atomic E-state index is 0.0224. The predicted octanol–water partition coefficient (Wildman–Crippen LogP) is 5.32. The third kappa shape index (κ3) is 8.15. The first kappa shape index (κ1) is 24.5. The number of nitrogens with one attached hydrogen (secondary N) is 1. The minimum atomic E-state index is -0.520. The lowest BCUT2D eigenvalue weighted by atomic mass is 10.1. The molecule has 2 aromatic carbocycles. The van der Waals surface area contributed by atoms with Crippen LogP contribution in [-0.4, -0.2) is 35.1 Å². The van der Waals surface area contributed by atoms with Gasteiger partial charge in [0.1, 0.15) is 6.04 Å². The van der Waals surface area contributed by atoms with Crippen LogP contribution in [-0.2, 0) is 21.9 Å². The highest BCUT2D eigenvalue weighted by Crippen LogP contribution is 2.18. The van der Waals surface area contributed by atoms with Crippen molar-refractivity contribution in [2.75, 3.05) is 12.3 Å². The highest BCUT2D eigenvalue weighted by Gasteiger charge is 2.25. The van der Waals surface area contributed by atoms with Crippen molar-refractivity contribution in [3.05, 3.63) is 69.7 Å². The number of hydrogen-bond acceptors (Lipinski definition) is 3. The maximum Gasteiger partial charge on any atom is 0.242 e. The van der Waals surface area contributed by atoms with Crippen LogP contribution in [0, 0.1) is 6.92 Å². The molecule has 0 aromatic heterocycles. The number of amides is 2. The highest BCUT2D eigenvalue weighted by molar-refractivity contribution is 9.10. The maximum atomic E-state index is 13.1. The Morgan fingerprint density at radius 1 is 1.13 bits per heavy atom. The molecule has 1 atom stereocenters. The zero-order valence-electron chi connectivity index (χ0n) is 18.0. The number of aryl methyl sites for hydroxylation is 1. The van der Waals surface area contributed by atoms with Gasteiger partial charge in [-0.2, -0.15) is 0 Å². The number of benzene rings is 2. The van der Waals surface area contributed by atoms with Crippen molar-refractivity contribution in [1.82, 2.24) is 10.2 Å². The van der Waals surface area contributed by atoms with Crippen LogP contribution in [0.5, 0.6) is 0 Å². The monoisotopic (exact) mass is 490 g/mol. The van der Waals surface area contributed by atoms with Gasteiger partial charge in [0.15, 0.2) is 0 Å². The smallest absolute Gasteiger partial charge is 0.242 e. The molecule has 2 amide bonds. The largest absolute Gasteiger partial charge is 0.354 e. The summed E-state index contributed by atoms with van der Waals surface area (Å²) in [4.78, 5) is 27.4. The van der Waals surface area contributed by atoms with Crippen LogP contribution in [0.2, 0.25) is 0 Å². The molecule has 0 bridgehead atoms. The first-order valence-corrected chi connectivity index (χ1v) is 12.3. The predicted molar refractivity (Wildman–Crippen MR) is 129 cm³/mol. The first-order chi connectivity index (χ1) is 14.4. The Kier molecular flexibility index (Phi) is 10.4. The number of halogens is 1. The van der Waals surface area contributed by atoms with E-state index in [0.29, 0.717) is 18.8 Å². The van der Waals surface area contributed by atoms with Gasteiger partial charge in [-0.15, -0.1) is 11.8 Å². The lowest BCUT2D eigenvalue weighted by Gasteiger charge is -2.29. The second kappa shape index (κ2) is 12.8. The van der Waals surface area contributed by atoms with E-state index >= 15 is 0 Å². The molecular weight excluding hydrogens is 460 g/mol. The van der Waals surface area contributed by atoms with Crippen molar-refractivity contribution in [1.29, 1.82) is 0 Å². The quantitative estimate of drug-likeness (QED) is 0.433. The Labute approximate surface area is 192 Å². The number of hydrogen-bond donors (Lipinski definition) is 1. The van der Waals surface area contributed by atoms with E-state index in [2.05, 4.69) is 53.3 Å². The van der Waals surface area contributed by atoms with Gasteiger partial charge in [0, 0.05) is 23.3 Å². The zero-order valence-corrected chi connectivity index (χ0v) is 20.4. The van der Waals surface area contributed by atoms with Crippen molar-refractivity contribution in [3.8, 4) is 0 Å². The van der Waals surface area contributed by atoms with Gasteiger partial charge in [-0.1, -0.05) is 71.2 Å². The van der Waals surface area contributed by atoms with Gasteiger partial charge in [-0.3, -0.25) is 9.59 Å². The van der Waals surface area contributed by atoms with Gasteiger partial charge in [0.05, 0.1) is 5.75 Å². The Balaban J connectivity index is 2.04. The molecule has 0 saturated carbocycles. The van der Waals surface area contributed by atoms with E-state index in [-0.39, 0.29) is 11.8 Å². The summed E-state index contributed by atoms with van der Waals surface area (Å²) < 4.78 is 0.960. The fraction of sp³-hybridized carbons (Fsp3) is 0.417. The average Bonchev–Trinajstić information content (AvgIpc) is 2.71. The first-order valence-electron chi connectivity index (χ1n) is 10.4. The summed E-state index contributed by atoms with van der Waals surface area (Å²) in [6.45, 7) is 7.01. The SMILES string of the molecule is CCCCNC(=O)C(C)N(Cc1cccc(Br)c1)C(=O)CSCc1cccc(C)c1. The van der Waals surface area contributed by atoms with Gasteiger partial charge in [0.25, 0.3) is 0 Å². The Hall–Kier alpha value is -1.79. The molecule has 0 aliphatic heterocycles. The van der Waals surface area contributed by atoms with E-state index in [0.717, 1.165) is 28.6 Å². The molecule has 0 radical (unpaired) electrons. The number of carbonyl (C=O) groups is 2. The molecule has 0 heterocycles. The van der Waals surface area contributed by atoms with E-state index in [4.69, 9.17) is 0 Å². The number of thioether (sulfide) groups is 1. The summed E-state index contributed by atoms with van der Waals surface area (Å²) in [7, 11) is 0. The van der Waals surface area contributed by atoms with Crippen LogP contribution in [0.3, 0.4) is 0 Å². The molecule has 6 heteroatoms. The molecule has 0 fully saturated rings. The molecule has 4 nitrogen and oxygen atoms in total. The molecular formula is C24H31BrN2O2S. The Morgan fingerprint density at radius 2 is 1.87 bits per heavy atom. The van der Waals surface area contributed by atoms with Gasteiger partial charge in [0.2, 0.25) is 11.8 Å².